The lowest BCUT2D eigenvalue weighted by atomic mass is 9.86. The topological polar surface area (TPSA) is 0 Å². The van der Waals surface area contributed by atoms with Crippen molar-refractivity contribution in [1.29, 1.82) is 0 Å². The maximum Gasteiger partial charge on any atom is -0.0140 e. The van der Waals surface area contributed by atoms with E-state index in [2.05, 4.69) is 76.2 Å². The highest BCUT2D eigenvalue weighted by molar-refractivity contribution is 6.04. The maximum absolute atomic E-state index is 2.37. The molecule has 102 valence electrons. The highest BCUT2D eigenvalue weighted by atomic mass is 14.2. The molecule has 20 heavy (non-hydrogen) atoms. The zero-order valence-corrected chi connectivity index (χ0v) is 12.8. The highest BCUT2D eigenvalue weighted by Gasteiger charge is 2.13. The summed E-state index contributed by atoms with van der Waals surface area (Å²) in [5.41, 5.74) is 2.94. The molecule has 0 radical (unpaired) electrons. The average Bonchev–Trinajstić information content (AvgIpc) is 2.43. The predicted octanol–water partition coefficient (Wildman–Crippen LogP) is 6.24. The van der Waals surface area contributed by atoms with Crippen molar-refractivity contribution < 1.29 is 0 Å². The molecular formula is C20H22. The van der Waals surface area contributed by atoms with Crippen molar-refractivity contribution in [3.8, 4) is 0 Å². The van der Waals surface area contributed by atoms with Crippen molar-refractivity contribution in [2.75, 3.05) is 0 Å². The Kier molecular flexibility index (Phi) is 3.25. The van der Waals surface area contributed by atoms with Gasteiger partial charge < -0.3 is 0 Å². The van der Waals surface area contributed by atoms with E-state index in [1.165, 1.54) is 32.7 Å². The van der Waals surface area contributed by atoms with E-state index in [4.69, 9.17) is 0 Å². The van der Waals surface area contributed by atoms with Crippen LogP contribution in [0.25, 0.3) is 21.5 Å². The van der Waals surface area contributed by atoms with Gasteiger partial charge in [0.25, 0.3) is 0 Å². The molecule has 0 nitrogen and oxygen atoms in total. The number of fused-ring (bicyclic) bond motifs is 2. The van der Waals surface area contributed by atoms with Crippen molar-refractivity contribution in [3.05, 3.63) is 59.7 Å². The van der Waals surface area contributed by atoms with Crippen LogP contribution < -0.4 is 0 Å². The van der Waals surface area contributed by atoms with Crippen molar-refractivity contribution in [1.82, 2.24) is 0 Å². The fourth-order valence-corrected chi connectivity index (χ4v) is 3.27. The van der Waals surface area contributed by atoms with E-state index in [1.54, 1.807) is 0 Å². The summed E-state index contributed by atoms with van der Waals surface area (Å²) in [6.07, 6.45) is 0. The predicted molar refractivity (Wildman–Crippen MR) is 89.6 cm³/mol. The second kappa shape index (κ2) is 4.94. The second-order valence-corrected chi connectivity index (χ2v) is 6.26. The van der Waals surface area contributed by atoms with E-state index in [0.29, 0.717) is 11.8 Å². The Morgan fingerprint density at radius 2 is 1.35 bits per heavy atom. The van der Waals surface area contributed by atoms with E-state index in [9.17, 15) is 0 Å². The van der Waals surface area contributed by atoms with Crippen molar-refractivity contribution in [2.24, 2.45) is 0 Å². The van der Waals surface area contributed by atoms with Crippen LogP contribution >= 0.6 is 0 Å². The van der Waals surface area contributed by atoms with Gasteiger partial charge in [0.15, 0.2) is 0 Å². The van der Waals surface area contributed by atoms with Crippen LogP contribution in [0.5, 0.6) is 0 Å². The molecule has 0 saturated heterocycles. The van der Waals surface area contributed by atoms with Crippen LogP contribution in [0.15, 0.2) is 48.5 Å². The first kappa shape index (κ1) is 13.2. The number of hydrogen-bond donors (Lipinski definition) is 0. The van der Waals surface area contributed by atoms with Gasteiger partial charge in [-0.2, -0.15) is 0 Å². The molecule has 0 heterocycles. The van der Waals surface area contributed by atoms with Gasteiger partial charge in [0, 0.05) is 0 Å². The molecule has 0 aliphatic carbocycles. The molecule has 3 aromatic rings. The lowest BCUT2D eigenvalue weighted by Gasteiger charge is -2.18. The molecule has 3 rings (SSSR count). The molecule has 0 spiro atoms. The summed E-state index contributed by atoms with van der Waals surface area (Å²) in [5.74, 6) is 1.09. The third kappa shape index (κ3) is 2.00. The zero-order valence-electron chi connectivity index (χ0n) is 12.8. The summed E-state index contributed by atoms with van der Waals surface area (Å²) >= 11 is 0. The van der Waals surface area contributed by atoms with E-state index in [-0.39, 0.29) is 0 Å². The summed E-state index contributed by atoms with van der Waals surface area (Å²) in [6.45, 7) is 9.14. The molecule has 0 aliphatic rings. The minimum Gasteiger partial charge on any atom is -0.0616 e. The van der Waals surface area contributed by atoms with Gasteiger partial charge in [-0.3, -0.25) is 0 Å². The molecule has 0 saturated carbocycles. The van der Waals surface area contributed by atoms with Gasteiger partial charge >= 0.3 is 0 Å². The zero-order chi connectivity index (χ0) is 14.3. The maximum atomic E-state index is 2.37. The summed E-state index contributed by atoms with van der Waals surface area (Å²) in [7, 11) is 0. The smallest absolute Gasteiger partial charge is 0.0140 e. The first-order valence-corrected chi connectivity index (χ1v) is 7.54. The standard InChI is InChI=1S/C20H22/c1-13(2)16-10-7-11-18-19(16)12-15-8-5-6-9-17(15)20(18)14(3)4/h5-14H,1-4H3. The normalized spacial score (nSPS) is 11.9. The summed E-state index contributed by atoms with van der Waals surface area (Å²) < 4.78 is 0. The number of benzene rings is 3. The van der Waals surface area contributed by atoms with Gasteiger partial charge in [-0.25, -0.2) is 0 Å². The third-order valence-electron chi connectivity index (χ3n) is 4.18. The van der Waals surface area contributed by atoms with Gasteiger partial charge in [-0.15, -0.1) is 0 Å². The Bertz CT molecular complexity index is 763. The monoisotopic (exact) mass is 262 g/mol. The minimum atomic E-state index is 0.533. The van der Waals surface area contributed by atoms with Crippen LogP contribution in [0.3, 0.4) is 0 Å². The molecule has 0 unspecified atom stereocenters. The van der Waals surface area contributed by atoms with Crippen LogP contribution in [0.4, 0.5) is 0 Å². The van der Waals surface area contributed by atoms with Crippen molar-refractivity contribution >= 4 is 21.5 Å². The Hall–Kier alpha value is -1.82. The summed E-state index contributed by atoms with van der Waals surface area (Å²) in [6, 6.07) is 17.9. The molecule has 3 aromatic carbocycles. The van der Waals surface area contributed by atoms with E-state index in [0.717, 1.165) is 0 Å². The van der Waals surface area contributed by atoms with Gasteiger partial charge in [0.05, 0.1) is 0 Å². The third-order valence-corrected chi connectivity index (χ3v) is 4.18. The first-order valence-electron chi connectivity index (χ1n) is 7.54. The van der Waals surface area contributed by atoms with Crippen LogP contribution in [0.2, 0.25) is 0 Å². The SMILES string of the molecule is CC(C)c1cccc2c(C(C)C)c3ccccc3cc12. The second-order valence-electron chi connectivity index (χ2n) is 6.26. The van der Waals surface area contributed by atoms with Gasteiger partial charge in [0.1, 0.15) is 0 Å². The molecular weight excluding hydrogens is 240 g/mol. The fraction of sp³-hybridized carbons (Fsp3) is 0.300. The number of rotatable bonds is 2. The average molecular weight is 262 g/mol. The van der Waals surface area contributed by atoms with Gasteiger partial charge in [-0.1, -0.05) is 70.2 Å². The van der Waals surface area contributed by atoms with Gasteiger partial charge in [0.2, 0.25) is 0 Å². The molecule has 0 heteroatoms. The Morgan fingerprint density at radius 1 is 0.650 bits per heavy atom. The molecule has 0 atom stereocenters. The highest BCUT2D eigenvalue weighted by Crippen LogP contribution is 2.36. The van der Waals surface area contributed by atoms with Crippen LogP contribution in [-0.4, -0.2) is 0 Å². The van der Waals surface area contributed by atoms with Crippen LogP contribution in [0.1, 0.15) is 50.7 Å². The van der Waals surface area contributed by atoms with E-state index >= 15 is 0 Å². The lowest BCUT2D eigenvalue weighted by molar-refractivity contribution is 0.872. The summed E-state index contributed by atoms with van der Waals surface area (Å²) in [5, 5.41) is 5.60. The number of hydrogen-bond acceptors (Lipinski definition) is 0. The Balaban J connectivity index is 2.53. The lowest BCUT2D eigenvalue weighted by Crippen LogP contribution is -1.96. The summed E-state index contributed by atoms with van der Waals surface area (Å²) in [4.78, 5) is 0. The largest absolute Gasteiger partial charge is 0.0616 e. The first-order chi connectivity index (χ1) is 9.59. The van der Waals surface area contributed by atoms with E-state index < -0.39 is 0 Å². The minimum absolute atomic E-state index is 0.533. The Morgan fingerprint density at radius 3 is 2.05 bits per heavy atom. The molecule has 0 aromatic heterocycles. The van der Waals surface area contributed by atoms with E-state index in [1.807, 2.05) is 0 Å². The van der Waals surface area contributed by atoms with Gasteiger partial charge in [-0.05, 0) is 50.6 Å². The molecule has 0 N–H and O–H groups in total. The fourth-order valence-electron chi connectivity index (χ4n) is 3.27. The molecule has 0 fully saturated rings. The molecule has 0 aliphatic heterocycles. The molecule has 0 bridgehead atoms. The van der Waals surface area contributed by atoms with Crippen LogP contribution in [-0.2, 0) is 0 Å². The quantitative estimate of drug-likeness (QED) is 0.479. The van der Waals surface area contributed by atoms with Crippen molar-refractivity contribution in [2.45, 2.75) is 39.5 Å². The van der Waals surface area contributed by atoms with Crippen LogP contribution in [0, 0.1) is 0 Å². The van der Waals surface area contributed by atoms with Crippen molar-refractivity contribution in [3.63, 3.8) is 0 Å². The Labute approximate surface area is 121 Å². The molecule has 0 amide bonds.